The molecule has 0 bridgehead atoms. The number of hydrogen-bond acceptors (Lipinski definition) is 5. The molecule has 0 radical (unpaired) electrons. The summed E-state index contributed by atoms with van der Waals surface area (Å²) < 4.78 is 10.8. The number of amides is 1. The van der Waals surface area contributed by atoms with Crippen LogP contribution >= 0.6 is 0 Å². The summed E-state index contributed by atoms with van der Waals surface area (Å²) in [5.74, 6) is 0.177. The second-order valence-corrected chi connectivity index (χ2v) is 5.18. The molecule has 1 heterocycles. The average Bonchev–Trinajstić information content (AvgIpc) is 2.53. The Balaban J connectivity index is 2.49. The Bertz CT molecular complexity index is 273. The highest BCUT2D eigenvalue weighted by atomic mass is 16.5. The summed E-state index contributed by atoms with van der Waals surface area (Å²) >= 11 is 0. The maximum atomic E-state index is 12.7. The second-order valence-electron chi connectivity index (χ2n) is 5.18. The lowest BCUT2D eigenvalue weighted by atomic mass is 10.2. The van der Waals surface area contributed by atoms with Crippen LogP contribution in [0, 0.1) is 0 Å². The summed E-state index contributed by atoms with van der Waals surface area (Å²) in [4.78, 5) is 16.8. The summed E-state index contributed by atoms with van der Waals surface area (Å²) in [6.07, 6.45) is 0. The third-order valence-electron chi connectivity index (χ3n) is 3.79. The van der Waals surface area contributed by atoms with Gasteiger partial charge in [-0.1, -0.05) is 0 Å². The number of ether oxygens (including phenoxy) is 2. The first-order valence-electron chi connectivity index (χ1n) is 8.09. The van der Waals surface area contributed by atoms with E-state index in [9.17, 15) is 4.79 Å². The van der Waals surface area contributed by atoms with Gasteiger partial charge >= 0.3 is 0 Å². The maximum absolute atomic E-state index is 12.7. The molecular weight excluding hydrogens is 270 g/mol. The van der Waals surface area contributed by atoms with Gasteiger partial charge in [-0.3, -0.25) is 9.69 Å². The van der Waals surface area contributed by atoms with Gasteiger partial charge in [0.25, 0.3) is 0 Å². The van der Waals surface area contributed by atoms with Gasteiger partial charge in [0.2, 0.25) is 5.91 Å². The van der Waals surface area contributed by atoms with Gasteiger partial charge in [-0.05, 0) is 20.8 Å². The quantitative estimate of drug-likeness (QED) is 0.584. The summed E-state index contributed by atoms with van der Waals surface area (Å²) in [5.41, 5.74) is 0. The minimum absolute atomic E-state index is 0.0737. The van der Waals surface area contributed by atoms with Crippen molar-refractivity contribution in [1.82, 2.24) is 15.1 Å². The molecule has 1 N–H and O–H groups in total. The Hall–Kier alpha value is -0.690. The van der Waals surface area contributed by atoms with Crippen LogP contribution in [0.25, 0.3) is 0 Å². The maximum Gasteiger partial charge on any atom is 0.239 e. The van der Waals surface area contributed by atoms with Crippen molar-refractivity contribution in [3.8, 4) is 0 Å². The lowest BCUT2D eigenvalue weighted by molar-refractivity contribution is -0.138. The molecule has 1 saturated heterocycles. The number of nitrogens with zero attached hydrogens (tertiary/aromatic N) is 2. The molecule has 0 saturated carbocycles. The number of nitrogens with one attached hydrogen (secondary N) is 1. The van der Waals surface area contributed by atoms with Crippen molar-refractivity contribution in [2.24, 2.45) is 0 Å². The fraction of sp³-hybridized carbons (Fsp3) is 0.933. The lowest BCUT2D eigenvalue weighted by Gasteiger charge is -2.35. The molecule has 1 amide bonds. The zero-order valence-electron chi connectivity index (χ0n) is 13.8. The van der Waals surface area contributed by atoms with Gasteiger partial charge in [0, 0.05) is 52.5 Å². The molecule has 1 unspecified atom stereocenters. The van der Waals surface area contributed by atoms with Crippen molar-refractivity contribution in [3.63, 3.8) is 0 Å². The first-order chi connectivity index (χ1) is 10.2. The van der Waals surface area contributed by atoms with Crippen molar-refractivity contribution in [2.45, 2.75) is 26.8 Å². The highest BCUT2D eigenvalue weighted by Crippen LogP contribution is 2.06. The molecule has 124 valence electrons. The summed E-state index contributed by atoms with van der Waals surface area (Å²) in [6, 6.07) is -0.0737. The van der Waals surface area contributed by atoms with E-state index in [1.54, 1.807) is 0 Å². The molecule has 1 atom stereocenters. The Kier molecular flexibility index (Phi) is 9.58. The molecular formula is C15H31N3O3. The first-order valence-corrected chi connectivity index (χ1v) is 8.09. The fourth-order valence-electron chi connectivity index (χ4n) is 2.46. The predicted molar refractivity (Wildman–Crippen MR) is 83.5 cm³/mol. The summed E-state index contributed by atoms with van der Waals surface area (Å²) in [5, 5.41) is 3.31. The Morgan fingerprint density at radius 3 is 2.14 bits per heavy atom. The van der Waals surface area contributed by atoms with Crippen molar-refractivity contribution in [3.05, 3.63) is 0 Å². The van der Waals surface area contributed by atoms with E-state index in [4.69, 9.17) is 9.47 Å². The molecule has 0 aromatic rings. The largest absolute Gasteiger partial charge is 0.380 e. The van der Waals surface area contributed by atoms with E-state index in [1.807, 2.05) is 25.7 Å². The number of rotatable bonds is 10. The standard InChI is InChI=1S/C15H31N3O3/c1-4-20-12-10-18(11-13-21-5-2)15(19)14(3)17-8-6-16-7-9-17/h14,16H,4-13H2,1-3H3. The van der Waals surface area contributed by atoms with E-state index in [0.29, 0.717) is 39.5 Å². The minimum atomic E-state index is -0.0737. The number of hydrogen-bond donors (Lipinski definition) is 1. The average molecular weight is 301 g/mol. The molecule has 0 aromatic carbocycles. The smallest absolute Gasteiger partial charge is 0.239 e. The molecule has 0 aromatic heterocycles. The van der Waals surface area contributed by atoms with Gasteiger partial charge in [0.15, 0.2) is 0 Å². The Morgan fingerprint density at radius 1 is 1.14 bits per heavy atom. The van der Waals surface area contributed by atoms with Crippen molar-refractivity contribution in [1.29, 1.82) is 0 Å². The number of piperazine rings is 1. The van der Waals surface area contributed by atoms with E-state index < -0.39 is 0 Å². The molecule has 0 aliphatic carbocycles. The van der Waals surface area contributed by atoms with Crippen LogP contribution in [0.15, 0.2) is 0 Å². The monoisotopic (exact) mass is 301 g/mol. The normalized spacial score (nSPS) is 17.7. The summed E-state index contributed by atoms with van der Waals surface area (Å²) in [6.45, 7) is 13.5. The van der Waals surface area contributed by atoms with Crippen LogP contribution in [0.4, 0.5) is 0 Å². The molecule has 6 heteroatoms. The van der Waals surface area contributed by atoms with Crippen LogP contribution < -0.4 is 5.32 Å². The van der Waals surface area contributed by atoms with Crippen molar-refractivity contribution in [2.75, 3.05) is 65.7 Å². The number of carbonyl (C=O) groups is 1. The molecule has 0 spiro atoms. The molecule has 1 aliphatic heterocycles. The molecule has 1 rings (SSSR count). The molecule has 1 fully saturated rings. The van der Waals surface area contributed by atoms with Crippen LogP contribution in [-0.2, 0) is 14.3 Å². The third kappa shape index (κ3) is 6.74. The van der Waals surface area contributed by atoms with Crippen LogP contribution in [0.2, 0.25) is 0 Å². The van der Waals surface area contributed by atoms with Crippen LogP contribution in [0.1, 0.15) is 20.8 Å². The van der Waals surface area contributed by atoms with Crippen molar-refractivity contribution >= 4 is 5.91 Å². The van der Waals surface area contributed by atoms with E-state index in [2.05, 4.69) is 10.2 Å². The van der Waals surface area contributed by atoms with E-state index in [0.717, 1.165) is 26.2 Å². The zero-order valence-corrected chi connectivity index (χ0v) is 13.8. The highest BCUT2D eigenvalue weighted by Gasteiger charge is 2.26. The van der Waals surface area contributed by atoms with Gasteiger partial charge in [0.1, 0.15) is 0 Å². The van der Waals surface area contributed by atoms with Gasteiger partial charge < -0.3 is 19.7 Å². The minimum Gasteiger partial charge on any atom is -0.380 e. The topological polar surface area (TPSA) is 54.0 Å². The predicted octanol–water partition coefficient (Wildman–Crippen LogP) is 0.182. The SMILES string of the molecule is CCOCCN(CCOCC)C(=O)C(C)N1CCNCC1. The zero-order chi connectivity index (χ0) is 15.5. The highest BCUT2D eigenvalue weighted by molar-refractivity contribution is 5.81. The van der Waals surface area contributed by atoms with E-state index >= 15 is 0 Å². The van der Waals surface area contributed by atoms with Gasteiger partial charge in [0.05, 0.1) is 19.3 Å². The van der Waals surface area contributed by atoms with Gasteiger partial charge in [-0.25, -0.2) is 0 Å². The van der Waals surface area contributed by atoms with Gasteiger partial charge in [-0.2, -0.15) is 0 Å². The molecule has 21 heavy (non-hydrogen) atoms. The van der Waals surface area contributed by atoms with Crippen molar-refractivity contribution < 1.29 is 14.3 Å². The van der Waals surface area contributed by atoms with Crippen LogP contribution in [0.5, 0.6) is 0 Å². The first kappa shape index (κ1) is 18.4. The second kappa shape index (κ2) is 11.0. The van der Waals surface area contributed by atoms with Crippen LogP contribution in [0.3, 0.4) is 0 Å². The Morgan fingerprint density at radius 2 is 1.67 bits per heavy atom. The third-order valence-corrected chi connectivity index (χ3v) is 3.79. The molecule has 6 nitrogen and oxygen atoms in total. The Labute approximate surface area is 128 Å². The fourth-order valence-corrected chi connectivity index (χ4v) is 2.46. The number of carbonyl (C=O) groups excluding carboxylic acids is 1. The lowest BCUT2D eigenvalue weighted by Crippen LogP contribution is -2.54. The van der Waals surface area contributed by atoms with E-state index in [-0.39, 0.29) is 11.9 Å². The molecule has 1 aliphatic rings. The van der Waals surface area contributed by atoms with E-state index in [1.165, 1.54) is 0 Å². The summed E-state index contributed by atoms with van der Waals surface area (Å²) in [7, 11) is 0. The van der Waals surface area contributed by atoms with Gasteiger partial charge in [-0.15, -0.1) is 0 Å². The van der Waals surface area contributed by atoms with Crippen LogP contribution in [-0.4, -0.2) is 87.4 Å².